The van der Waals surface area contributed by atoms with Crippen LogP contribution in [0.1, 0.15) is 0 Å². The van der Waals surface area contributed by atoms with Crippen molar-refractivity contribution in [2.45, 2.75) is 0 Å². The minimum Gasteiger partial charge on any atom is -0.310 e. The average Bonchev–Trinajstić information content (AvgIpc) is 3.62. The van der Waals surface area contributed by atoms with Gasteiger partial charge in [0.1, 0.15) is 0 Å². The third kappa shape index (κ3) is 5.65. The summed E-state index contributed by atoms with van der Waals surface area (Å²) < 4.78 is 2.59. The van der Waals surface area contributed by atoms with E-state index in [1.807, 2.05) is 11.3 Å². The molecule has 0 unspecified atom stereocenters. The van der Waals surface area contributed by atoms with E-state index in [2.05, 4.69) is 217 Å². The van der Waals surface area contributed by atoms with Gasteiger partial charge >= 0.3 is 0 Å². The van der Waals surface area contributed by atoms with Crippen LogP contribution in [0.5, 0.6) is 0 Å². The minimum absolute atomic E-state index is 1.11. The summed E-state index contributed by atoms with van der Waals surface area (Å²) in [6.07, 6.45) is 0. The second-order valence-corrected chi connectivity index (χ2v) is 14.7. The molecule has 0 spiro atoms. The molecule has 0 saturated carbocycles. The summed E-state index contributed by atoms with van der Waals surface area (Å²) in [7, 11) is 0. The highest BCUT2D eigenvalue weighted by Crippen LogP contribution is 2.47. The first-order chi connectivity index (χ1) is 26.8. The van der Waals surface area contributed by atoms with E-state index in [0.717, 1.165) is 17.1 Å². The van der Waals surface area contributed by atoms with Crippen LogP contribution < -0.4 is 4.90 Å². The van der Waals surface area contributed by atoms with Gasteiger partial charge in [0.05, 0.1) is 5.69 Å². The number of thiophene rings is 1. The van der Waals surface area contributed by atoms with Crippen LogP contribution in [-0.4, -0.2) is 0 Å². The van der Waals surface area contributed by atoms with Crippen molar-refractivity contribution in [3.63, 3.8) is 0 Å². The van der Waals surface area contributed by atoms with Crippen LogP contribution in [0.15, 0.2) is 212 Å². The molecule has 1 aromatic heterocycles. The monoisotopic (exact) mass is 705 g/mol. The lowest BCUT2D eigenvalue weighted by molar-refractivity contribution is 1.29. The highest BCUT2D eigenvalue weighted by molar-refractivity contribution is 7.25. The lowest BCUT2D eigenvalue weighted by Crippen LogP contribution is -2.11. The molecular weight excluding hydrogens is 671 g/mol. The molecule has 54 heavy (non-hydrogen) atoms. The Kier molecular flexibility index (Phi) is 8.09. The first-order valence-corrected chi connectivity index (χ1v) is 19.2. The van der Waals surface area contributed by atoms with Crippen LogP contribution in [0.4, 0.5) is 17.1 Å². The molecular formula is C52H35NS. The number of hydrogen-bond acceptors (Lipinski definition) is 2. The Bertz CT molecular complexity index is 2930. The average molecular weight is 706 g/mol. The number of para-hydroxylation sites is 1. The summed E-state index contributed by atoms with van der Waals surface area (Å²) in [5, 5.41) is 5.11. The predicted molar refractivity (Wildman–Crippen MR) is 233 cm³/mol. The van der Waals surface area contributed by atoms with Crippen molar-refractivity contribution >= 4 is 59.3 Å². The molecule has 0 N–H and O–H groups in total. The van der Waals surface area contributed by atoms with Crippen molar-refractivity contribution in [3.8, 4) is 44.5 Å². The smallest absolute Gasteiger partial charge is 0.0540 e. The van der Waals surface area contributed by atoms with Crippen molar-refractivity contribution < 1.29 is 0 Å². The van der Waals surface area contributed by atoms with E-state index in [1.54, 1.807) is 0 Å². The fourth-order valence-electron chi connectivity index (χ4n) is 7.98. The molecule has 0 amide bonds. The highest BCUT2D eigenvalue weighted by Gasteiger charge is 2.21. The van der Waals surface area contributed by atoms with E-state index >= 15 is 0 Å². The molecule has 0 aliphatic rings. The summed E-state index contributed by atoms with van der Waals surface area (Å²) in [5.74, 6) is 0. The van der Waals surface area contributed by atoms with E-state index < -0.39 is 0 Å². The van der Waals surface area contributed by atoms with Gasteiger partial charge in [-0.15, -0.1) is 11.3 Å². The molecule has 0 aliphatic carbocycles. The molecule has 254 valence electrons. The molecule has 0 atom stereocenters. The van der Waals surface area contributed by atoms with Crippen LogP contribution in [0.2, 0.25) is 0 Å². The first kappa shape index (κ1) is 32.0. The van der Waals surface area contributed by atoms with Gasteiger partial charge in [-0.25, -0.2) is 0 Å². The lowest BCUT2D eigenvalue weighted by Gasteiger charge is -2.29. The van der Waals surface area contributed by atoms with E-state index in [0.29, 0.717) is 0 Å². The normalized spacial score (nSPS) is 11.3. The SMILES string of the molecule is c1ccc(-c2ccccc2-c2ccccc2-c2ccccc2N(c2ccc(-c3cccc4ccccc34)cc2)c2ccc3c(c2)sc2ccccc23)cc1. The van der Waals surface area contributed by atoms with Gasteiger partial charge in [0.25, 0.3) is 0 Å². The number of hydrogen-bond donors (Lipinski definition) is 0. The Morgan fingerprint density at radius 1 is 0.296 bits per heavy atom. The van der Waals surface area contributed by atoms with E-state index in [9.17, 15) is 0 Å². The van der Waals surface area contributed by atoms with E-state index in [4.69, 9.17) is 0 Å². The van der Waals surface area contributed by atoms with Gasteiger partial charge in [-0.1, -0.05) is 176 Å². The Hall–Kier alpha value is -6.74. The molecule has 10 aromatic rings. The number of rotatable bonds is 7. The molecule has 0 bridgehead atoms. The summed E-state index contributed by atoms with van der Waals surface area (Å²) in [4.78, 5) is 2.44. The van der Waals surface area contributed by atoms with Crippen molar-refractivity contribution in [2.24, 2.45) is 0 Å². The number of benzene rings is 9. The third-order valence-electron chi connectivity index (χ3n) is 10.5. The van der Waals surface area contributed by atoms with Crippen LogP contribution >= 0.6 is 11.3 Å². The van der Waals surface area contributed by atoms with E-state index in [-0.39, 0.29) is 0 Å². The van der Waals surface area contributed by atoms with Crippen LogP contribution in [0.25, 0.3) is 75.5 Å². The first-order valence-electron chi connectivity index (χ1n) is 18.4. The molecule has 0 radical (unpaired) electrons. The Balaban J connectivity index is 1.16. The summed E-state index contributed by atoms with van der Waals surface area (Å²) in [6.45, 7) is 0. The van der Waals surface area contributed by atoms with Gasteiger partial charge < -0.3 is 4.90 Å². The molecule has 0 aliphatic heterocycles. The largest absolute Gasteiger partial charge is 0.310 e. The summed E-state index contributed by atoms with van der Waals surface area (Å²) in [6, 6.07) is 77.2. The van der Waals surface area contributed by atoms with Gasteiger partial charge in [-0.2, -0.15) is 0 Å². The summed E-state index contributed by atoms with van der Waals surface area (Å²) in [5.41, 5.74) is 13.0. The van der Waals surface area contributed by atoms with Crippen LogP contribution in [0.3, 0.4) is 0 Å². The van der Waals surface area contributed by atoms with E-state index in [1.165, 1.54) is 75.5 Å². The fraction of sp³-hybridized carbons (Fsp3) is 0. The Morgan fingerprint density at radius 3 is 1.61 bits per heavy atom. The van der Waals surface area contributed by atoms with Crippen LogP contribution in [-0.2, 0) is 0 Å². The number of anilines is 3. The molecule has 1 nitrogen and oxygen atoms in total. The highest BCUT2D eigenvalue weighted by atomic mass is 32.1. The Morgan fingerprint density at radius 2 is 0.815 bits per heavy atom. The van der Waals surface area contributed by atoms with Gasteiger partial charge in [-0.05, 0) is 86.1 Å². The molecule has 9 aromatic carbocycles. The second-order valence-electron chi connectivity index (χ2n) is 13.7. The molecule has 0 fully saturated rings. The lowest BCUT2D eigenvalue weighted by atomic mass is 9.88. The maximum atomic E-state index is 2.44. The molecule has 1 heterocycles. The van der Waals surface area contributed by atoms with Gasteiger partial charge in [0.15, 0.2) is 0 Å². The quantitative estimate of drug-likeness (QED) is 0.160. The molecule has 10 rings (SSSR count). The fourth-order valence-corrected chi connectivity index (χ4v) is 9.12. The predicted octanol–water partition coefficient (Wildman–Crippen LogP) is 15.3. The maximum absolute atomic E-state index is 2.44. The van der Waals surface area contributed by atoms with Gasteiger partial charge in [0.2, 0.25) is 0 Å². The van der Waals surface area contributed by atoms with Crippen LogP contribution in [0, 0.1) is 0 Å². The summed E-state index contributed by atoms with van der Waals surface area (Å²) >= 11 is 1.86. The molecule has 0 saturated heterocycles. The third-order valence-corrected chi connectivity index (χ3v) is 11.6. The van der Waals surface area contributed by atoms with Gasteiger partial charge in [-0.3, -0.25) is 0 Å². The minimum atomic E-state index is 1.11. The zero-order valence-electron chi connectivity index (χ0n) is 29.6. The zero-order chi connectivity index (χ0) is 35.8. The maximum Gasteiger partial charge on any atom is 0.0540 e. The number of fused-ring (bicyclic) bond motifs is 4. The topological polar surface area (TPSA) is 3.24 Å². The van der Waals surface area contributed by atoms with Crippen molar-refractivity contribution in [2.75, 3.05) is 4.90 Å². The van der Waals surface area contributed by atoms with Crippen molar-refractivity contribution in [1.29, 1.82) is 0 Å². The second kappa shape index (κ2) is 13.7. The Labute approximate surface area is 319 Å². The van der Waals surface area contributed by atoms with Crippen molar-refractivity contribution in [3.05, 3.63) is 212 Å². The number of nitrogens with zero attached hydrogens (tertiary/aromatic N) is 1. The van der Waals surface area contributed by atoms with Crippen molar-refractivity contribution in [1.82, 2.24) is 0 Å². The zero-order valence-corrected chi connectivity index (χ0v) is 30.4. The van der Waals surface area contributed by atoms with Gasteiger partial charge in [0, 0.05) is 37.1 Å². The molecule has 2 heteroatoms. The standard InChI is InChI=1S/C52H35NS/c1-2-15-36(16-3-1)43-20-6-7-21-44(43)45-22-8-9-23-46(45)47-24-10-12-27-50(47)53(40-33-34-49-48-25-11-13-28-51(48)54-52(49)35-40)39-31-29-38(30-32-39)42-26-14-18-37-17-4-5-19-41(37)42/h1-35H.